The first-order valence-corrected chi connectivity index (χ1v) is 5.44. The summed E-state index contributed by atoms with van der Waals surface area (Å²) in [7, 11) is 0. The van der Waals surface area contributed by atoms with Crippen molar-refractivity contribution in [3.8, 4) is 11.3 Å². The van der Waals surface area contributed by atoms with Gasteiger partial charge < -0.3 is 4.57 Å². The van der Waals surface area contributed by atoms with Crippen molar-refractivity contribution in [2.75, 3.05) is 0 Å². The molecule has 1 aromatic carbocycles. The van der Waals surface area contributed by atoms with E-state index in [0.29, 0.717) is 6.04 Å². The summed E-state index contributed by atoms with van der Waals surface area (Å²) in [4.78, 5) is 4.26. The van der Waals surface area contributed by atoms with Crippen molar-refractivity contribution in [3.05, 3.63) is 41.6 Å². The summed E-state index contributed by atoms with van der Waals surface area (Å²) in [6.45, 7) is 4.15. The minimum absolute atomic E-state index is 0.122. The van der Waals surface area contributed by atoms with Crippen molar-refractivity contribution in [2.45, 2.75) is 19.9 Å². The van der Waals surface area contributed by atoms with Crippen molar-refractivity contribution in [2.24, 2.45) is 0 Å². The highest BCUT2D eigenvalue weighted by Gasteiger charge is 2.06. The molecule has 1 aromatic heterocycles. The van der Waals surface area contributed by atoms with Crippen molar-refractivity contribution >= 4 is 11.6 Å². The third-order valence-electron chi connectivity index (χ3n) is 2.41. The monoisotopic (exact) mass is 238 g/mol. The Balaban J connectivity index is 2.39. The van der Waals surface area contributed by atoms with Gasteiger partial charge in [0.15, 0.2) is 0 Å². The predicted octanol–water partition coefficient (Wildman–Crippen LogP) is 3.92. The molecule has 0 spiro atoms. The van der Waals surface area contributed by atoms with E-state index in [1.165, 1.54) is 6.07 Å². The molecule has 0 bridgehead atoms. The van der Waals surface area contributed by atoms with Gasteiger partial charge in [0.2, 0.25) is 0 Å². The first-order valence-electron chi connectivity index (χ1n) is 5.07. The minimum Gasteiger partial charge on any atom is -0.334 e. The fraction of sp³-hybridized carbons (Fsp3) is 0.250. The van der Waals surface area contributed by atoms with Crippen molar-refractivity contribution in [1.29, 1.82) is 0 Å². The number of hydrogen-bond donors (Lipinski definition) is 0. The van der Waals surface area contributed by atoms with E-state index in [9.17, 15) is 4.39 Å². The molecule has 2 aromatic rings. The molecule has 84 valence electrons. The van der Waals surface area contributed by atoms with E-state index in [-0.39, 0.29) is 5.02 Å². The number of nitrogens with zero attached hydrogens (tertiary/aromatic N) is 2. The highest BCUT2D eigenvalue weighted by atomic mass is 35.5. The normalized spacial score (nSPS) is 11.1. The molecule has 0 N–H and O–H groups in total. The van der Waals surface area contributed by atoms with Gasteiger partial charge in [0, 0.05) is 17.8 Å². The van der Waals surface area contributed by atoms with Gasteiger partial charge in [0.25, 0.3) is 0 Å². The van der Waals surface area contributed by atoms with Crippen molar-refractivity contribution in [3.63, 3.8) is 0 Å². The average Bonchev–Trinajstić information content (AvgIpc) is 2.71. The van der Waals surface area contributed by atoms with Crippen LogP contribution in [0.5, 0.6) is 0 Å². The number of benzene rings is 1. The van der Waals surface area contributed by atoms with Gasteiger partial charge in [-0.15, -0.1) is 0 Å². The largest absolute Gasteiger partial charge is 0.334 e. The quantitative estimate of drug-likeness (QED) is 0.775. The number of rotatable bonds is 2. The third-order valence-corrected chi connectivity index (χ3v) is 2.70. The number of hydrogen-bond acceptors (Lipinski definition) is 1. The molecule has 0 saturated carbocycles. The zero-order valence-corrected chi connectivity index (χ0v) is 9.87. The van der Waals surface area contributed by atoms with Crippen LogP contribution in [0, 0.1) is 5.82 Å². The van der Waals surface area contributed by atoms with Gasteiger partial charge in [0.1, 0.15) is 5.82 Å². The van der Waals surface area contributed by atoms with E-state index in [1.807, 2.05) is 10.8 Å². The van der Waals surface area contributed by atoms with E-state index in [2.05, 4.69) is 18.8 Å². The maximum atomic E-state index is 13.0. The molecule has 0 aliphatic heterocycles. The van der Waals surface area contributed by atoms with Crippen LogP contribution in [0.3, 0.4) is 0 Å². The summed E-state index contributed by atoms with van der Waals surface area (Å²) in [5, 5.41) is 0.122. The molecule has 16 heavy (non-hydrogen) atoms. The second-order valence-electron chi connectivity index (χ2n) is 3.93. The molecule has 4 heteroatoms. The van der Waals surface area contributed by atoms with Crippen molar-refractivity contribution < 1.29 is 4.39 Å². The van der Waals surface area contributed by atoms with E-state index in [0.717, 1.165) is 11.3 Å². The van der Waals surface area contributed by atoms with Gasteiger partial charge >= 0.3 is 0 Å². The summed E-state index contributed by atoms with van der Waals surface area (Å²) < 4.78 is 15.0. The van der Waals surface area contributed by atoms with Crippen LogP contribution in [0.2, 0.25) is 5.02 Å². The van der Waals surface area contributed by atoms with Gasteiger partial charge in [0.05, 0.1) is 17.0 Å². The van der Waals surface area contributed by atoms with E-state index >= 15 is 0 Å². The summed E-state index contributed by atoms with van der Waals surface area (Å²) in [6, 6.07) is 4.97. The Kier molecular flexibility index (Phi) is 2.97. The zero-order valence-electron chi connectivity index (χ0n) is 9.11. The van der Waals surface area contributed by atoms with Crippen LogP contribution in [-0.2, 0) is 0 Å². The Bertz CT molecular complexity index is 505. The average molecular weight is 239 g/mol. The summed E-state index contributed by atoms with van der Waals surface area (Å²) in [6.07, 6.45) is 3.69. The van der Waals surface area contributed by atoms with E-state index < -0.39 is 5.82 Å². The summed E-state index contributed by atoms with van der Waals surface area (Å²) in [5.41, 5.74) is 1.63. The SMILES string of the molecule is CC(C)n1cnc(-c2ccc(F)c(Cl)c2)c1. The molecular weight excluding hydrogens is 227 g/mol. The van der Waals surface area contributed by atoms with Crippen LogP contribution in [0.1, 0.15) is 19.9 Å². The molecule has 0 fully saturated rings. The molecule has 0 saturated heterocycles. The maximum Gasteiger partial charge on any atom is 0.141 e. The molecule has 0 aliphatic carbocycles. The van der Waals surface area contributed by atoms with Gasteiger partial charge in [-0.1, -0.05) is 11.6 Å². The lowest BCUT2D eigenvalue weighted by Crippen LogP contribution is -1.95. The molecule has 0 unspecified atom stereocenters. The molecule has 0 aliphatic rings. The van der Waals surface area contributed by atoms with Gasteiger partial charge in [-0.2, -0.15) is 0 Å². The molecule has 2 nitrogen and oxygen atoms in total. The lowest BCUT2D eigenvalue weighted by atomic mass is 10.2. The lowest BCUT2D eigenvalue weighted by Gasteiger charge is -2.04. The molecule has 1 heterocycles. The van der Waals surface area contributed by atoms with Gasteiger partial charge in [-0.3, -0.25) is 0 Å². The standard InChI is InChI=1S/C12H12ClFN2/c1-8(2)16-6-12(15-7-16)9-3-4-11(14)10(13)5-9/h3-8H,1-2H3. The van der Waals surface area contributed by atoms with Gasteiger partial charge in [-0.25, -0.2) is 9.37 Å². The topological polar surface area (TPSA) is 17.8 Å². The van der Waals surface area contributed by atoms with Crippen LogP contribution in [0.4, 0.5) is 4.39 Å². The van der Waals surface area contributed by atoms with Gasteiger partial charge in [-0.05, 0) is 32.0 Å². The molecule has 0 radical (unpaired) electrons. The number of halogens is 2. The molecular formula is C12H12ClFN2. The van der Waals surface area contributed by atoms with Crippen LogP contribution in [0.15, 0.2) is 30.7 Å². The first-order chi connectivity index (χ1) is 7.58. The highest BCUT2D eigenvalue weighted by Crippen LogP contribution is 2.24. The maximum absolute atomic E-state index is 13.0. The number of aromatic nitrogens is 2. The fourth-order valence-electron chi connectivity index (χ4n) is 1.42. The Labute approximate surface area is 98.7 Å². The molecule has 2 rings (SSSR count). The second-order valence-corrected chi connectivity index (χ2v) is 4.34. The fourth-order valence-corrected chi connectivity index (χ4v) is 1.60. The third kappa shape index (κ3) is 2.09. The predicted molar refractivity (Wildman–Crippen MR) is 63.0 cm³/mol. The zero-order chi connectivity index (χ0) is 11.7. The van der Waals surface area contributed by atoms with Crippen molar-refractivity contribution in [1.82, 2.24) is 9.55 Å². The Morgan fingerprint density at radius 1 is 1.38 bits per heavy atom. The van der Waals surface area contributed by atoms with Crippen LogP contribution in [0.25, 0.3) is 11.3 Å². The highest BCUT2D eigenvalue weighted by molar-refractivity contribution is 6.31. The first kappa shape index (κ1) is 11.1. The van der Waals surface area contributed by atoms with Crippen LogP contribution < -0.4 is 0 Å². The molecule has 0 atom stereocenters. The lowest BCUT2D eigenvalue weighted by molar-refractivity contribution is 0.600. The number of imidazole rings is 1. The second kappa shape index (κ2) is 4.26. The van der Waals surface area contributed by atoms with E-state index in [1.54, 1.807) is 18.5 Å². The van der Waals surface area contributed by atoms with Crippen LogP contribution in [-0.4, -0.2) is 9.55 Å². The Morgan fingerprint density at radius 2 is 2.12 bits per heavy atom. The summed E-state index contributed by atoms with van der Waals surface area (Å²) in [5.74, 6) is -0.409. The van der Waals surface area contributed by atoms with E-state index in [4.69, 9.17) is 11.6 Å². The smallest absolute Gasteiger partial charge is 0.141 e. The minimum atomic E-state index is -0.409. The summed E-state index contributed by atoms with van der Waals surface area (Å²) >= 11 is 5.72. The Hall–Kier alpha value is -1.35. The van der Waals surface area contributed by atoms with Crippen LogP contribution >= 0.6 is 11.6 Å². The molecule has 0 amide bonds. The Morgan fingerprint density at radius 3 is 2.69 bits per heavy atom.